The third-order valence-corrected chi connectivity index (χ3v) is 3.33. The van der Waals surface area contributed by atoms with Crippen LogP contribution >= 0.6 is 0 Å². The van der Waals surface area contributed by atoms with Crippen LogP contribution in [0.1, 0.15) is 26.2 Å². The molecule has 2 amide bonds. The Morgan fingerprint density at radius 2 is 1.94 bits per heavy atom. The van der Waals surface area contributed by atoms with Gasteiger partial charge in [-0.1, -0.05) is 6.92 Å². The standard InChI is InChI=1S/C12H23N3O3/c1-2-15-7-4-10(5-8-15)9-14-12(18)13-6-3-11(16)17/h10H,2-9H2,1H3,(H,16,17)(H2,13,14,18). The first kappa shape index (κ1) is 14.8. The Balaban J connectivity index is 2.06. The molecule has 0 aromatic heterocycles. The minimum atomic E-state index is -0.901. The smallest absolute Gasteiger partial charge is 0.314 e. The average Bonchev–Trinajstić information content (AvgIpc) is 2.36. The van der Waals surface area contributed by atoms with Crippen LogP contribution < -0.4 is 10.6 Å². The zero-order valence-electron chi connectivity index (χ0n) is 10.9. The molecule has 1 saturated heterocycles. The lowest BCUT2D eigenvalue weighted by Crippen LogP contribution is -2.42. The van der Waals surface area contributed by atoms with Crippen molar-refractivity contribution in [2.75, 3.05) is 32.7 Å². The zero-order chi connectivity index (χ0) is 13.4. The molecule has 104 valence electrons. The molecule has 1 rings (SSSR count). The van der Waals surface area contributed by atoms with E-state index in [0.717, 1.165) is 32.5 Å². The first-order valence-corrected chi connectivity index (χ1v) is 6.57. The maximum absolute atomic E-state index is 11.4. The summed E-state index contributed by atoms with van der Waals surface area (Å²) in [5.41, 5.74) is 0. The molecule has 0 aromatic rings. The van der Waals surface area contributed by atoms with Crippen molar-refractivity contribution in [3.05, 3.63) is 0 Å². The maximum Gasteiger partial charge on any atom is 0.314 e. The number of urea groups is 1. The van der Waals surface area contributed by atoms with Crippen molar-refractivity contribution >= 4 is 12.0 Å². The molecule has 0 bridgehead atoms. The van der Waals surface area contributed by atoms with Gasteiger partial charge in [0.2, 0.25) is 0 Å². The number of amides is 2. The molecule has 1 fully saturated rings. The van der Waals surface area contributed by atoms with Crippen LogP contribution in [-0.4, -0.2) is 54.7 Å². The molecule has 18 heavy (non-hydrogen) atoms. The highest BCUT2D eigenvalue weighted by Crippen LogP contribution is 2.15. The summed E-state index contributed by atoms with van der Waals surface area (Å²) in [6.45, 7) is 6.31. The number of piperidine rings is 1. The highest BCUT2D eigenvalue weighted by Gasteiger charge is 2.18. The van der Waals surface area contributed by atoms with Gasteiger partial charge in [-0.3, -0.25) is 4.79 Å². The lowest BCUT2D eigenvalue weighted by Gasteiger charge is -2.31. The molecule has 0 aromatic carbocycles. The van der Waals surface area contributed by atoms with Gasteiger partial charge >= 0.3 is 12.0 Å². The Labute approximate surface area is 108 Å². The highest BCUT2D eigenvalue weighted by atomic mass is 16.4. The van der Waals surface area contributed by atoms with E-state index < -0.39 is 5.97 Å². The minimum absolute atomic E-state index is 0.0394. The van der Waals surface area contributed by atoms with Crippen LogP contribution in [0.15, 0.2) is 0 Å². The maximum atomic E-state index is 11.4. The molecule has 0 radical (unpaired) electrons. The lowest BCUT2D eigenvalue weighted by molar-refractivity contribution is -0.136. The Kier molecular flexibility index (Phi) is 6.49. The Hall–Kier alpha value is -1.30. The molecule has 0 aliphatic carbocycles. The third-order valence-electron chi connectivity index (χ3n) is 3.33. The summed E-state index contributed by atoms with van der Waals surface area (Å²) in [5.74, 6) is -0.361. The van der Waals surface area contributed by atoms with E-state index in [1.54, 1.807) is 0 Å². The zero-order valence-corrected chi connectivity index (χ0v) is 10.9. The van der Waals surface area contributed by atoms with Gasteiger partial charge in [-0.15, -0.1) is 0 Å². The molecule has 0 saturated carbocycles. The van der Waals surface area contributed by atoms with Gasteiger partial charge in [-0.05, 0) is 38.4 Å². The van der Waals surface area contributed by atoms with Crippen molar-refractivity contribution in [2.45, 2.75) is 26.2 Å². The first-order valence-electron chi connectivity index (χ1n) is 6.57. The highest BCUT2D eigenvalue weighted by molar-refractivity contribution is 5.74. The van der Waals surface area contributed by atoms with Crippen LogP contribution in [-0.2, 0) is 4.79 Å². The molecule has 6 heteroatoms. The number of likely N-dealkylation sites (tertiary alicyclic amines) is 1. The van der Waals surface area contributed by atoms with Crippen LogP contribution in [0.3, 0.4) is 0 Å². The summed E-state index contributed by atoms with van der Waals surface area (Å²) in [6.07, 6.45) is 2.19. The quantitative estimate of drug-likeness (QED) is 0.647. The van der Waals surface area contributed by atoms with Gasteiger partial charge in [-0.2, -0.15) is 0 Å². The Morgan fingerprint density at radius 1 is 1.28 bits per heavy atom. The van der Waals surface area contributed by atoms with Crippen molar-refractivity contribution in [3.63, 3.8) is 0 Å². The van der Waals surface area contributed by atoms with Crippen LogP contribution in [0, 0.1) is 5.92 Å². The van der Waals surface area contributed by atoms with E-state index in [1.807, 2.05) is 0 Å². The van der Waals surface area contributed by atoms with Crippen molar-refractivity contribution in [3.8, 4) is 0 Å². The fraction of sp³-hybridized carbons (Fsp3) is 0.833. The summed E-state index contributed by atoms with van der Waals surface area (Å²) < 4.78 is 0. The predicted octanol–water partition coefficient (Wildman–Crippen LogP) is 0.492. The second-order valence-electron chi connectivity index (χ2n) is 4.66. The number of rotatable bonds is 6. The number of hydrogen-bond acceptors (Lipinski definition) is 3. The van der Waals surface area contributed by atoms with E-state index in [0.29, 0.717) is 12.5 Å². The first-order chi connectivity index (χ1) is 8.61. The fourth-order valence-corrected chi connectivity index (χ4v) is 2.09. The summed E-state index contributed by atoms with van der Waals surface area (Å²) in [4.78, 5) is 24.0. The SMILES string of the molecule is CCN1CCC(CNC(=O)NCCC(=O)O)CC1. The molecule has 1 heterocycles. The molecule has 0 atom stereocenters. The molecule has 0 spiro atoms. The van der Waals surface area contributed by atoms with Crippen molar-refractivity contribution < 1.29 is 14.7 Å². The van der Waals surface area contributed by atoms with E-state index in [1.165, 1.54) is 0 Å². The minimum Gasteiger partial charge on any atom is -0.481 e. The van der Waals surface area contributed by atoms with Gasteiger partial charge in [0, 0.05) is 13.1 Å². The van der Waals surface area contributed by atoms with Gasteiger partial charge in [0.15, 0.2) is 0 Å². The number of carboxylic acid groups (broad SMARTS) is 1. The van der Waals surface area contributed by atoms with Crippen molar-refractivity contribution in [1.29, 1.82) is 0 Å². The number of carbonyl (C=O) groups excluding carboxylic acids is 1. The number of hydrogen-bond donors (Lipinski definition) is 3. The molecular formula is C12H23N3O3. The van der Waals surface area contributed by atoms with Gasteiger partial charge in [0.1, 0.15) is 0 Å². The van der Waals surface area contributed by atoms with E-state index >= 15 is 0 Å². The third kappa shape index (κ3) is 5.86. The van der Waals surface area contributed by atoms with Crippen LogP contribution in [0.25, 0.3) is 0 Å². The van der Waals surface area contributed by atoms with Gasteiger partial charge in [0.05, 0.1) is 6.42 Å². The van der Waals surface area contributed by atoms with Crippen LogP contribution in [0.4, 0.5) is 4.79 Å². The number of carbonyl (C=O) groups is 2. The van der Waals surface area contributed by atoms with Gasteiger partial charge in [0.25, 0.3) is 0 Å². The largest absolute Gasteiger partial charge is 0.481 e. The molecule has 6 nitrogen and oxygen atoms in total. The van der Waals surface area contributed by atoms with E-state index in [4.69, 9.17) is 5.11 Å². The van der Waals surface area contributed by atoms with E-state index in [-0.39, 0.29) is 19.0 Å². The molecule has 1 aliphatic heterocycles. The predicted molar refractivity (Wildman–Crippen MR) is 68.5 cm³/mol. The normalized spacial score (nSPS) is 17.4. The second-order valence-corrected chi connectivity index (χ2v) is 4.66. The topological polar surface area (TPSA) is 81.7 Å². The Morgan fingerprint density at radius 3 is 2.50 bits per heavy atom. The summed E-state index contributed by atoms with van der Waals surface area (Å²) in [5, 5.41) is 13.8. The molecule has 3 N–H and O–H groups in total. The average molecular weight is 257 g/mol. The number of carboxylic acids is 1. The van der Waals surface area contributed by atoms with Gasteiger partial charge in [-0.25, -0.2) is 4.79 Å². The number of nitrogens with zero attached hydrogens (tertiary/aromatic N) is 1. The van der Waals surface area contributed by atoms with Crippen LogP contribution in [0.2, 0.25) is 0 Å². The molecule has 0 unspecified atom stereocenters. The number of aliphatic carboxylic acids is 1. The Bertz CT molecular complexity index is 276. The summed E-state index contributed by atoms with van der Waals surface area (Å²) >= 11 is 0. The van der Waals surface area contributed by atoms with Crippen molar-refractivity contribution in [1.82, 2.24) is 15.5 Å². The lowest BCUT2D eigenvalue weighted by atomic mass is 9.97. The van der Waals surface area contributed by atoms with Crippen LogP contribution in [0.5, 0.6) is 0 Å². The molecule has 1 aliphatic rings. The second kappa shape index (κ2) is 7.92. The number of nitrogens with one attached hydrogen (secondary N) is 2. The summed E-state index contributed by atoms with van der Waals surface area (Å²) in [6, 6.07) is -0.269. The molecular weight excluding hydrogens is 234 g/mol. The van der Waals surface area contributed by atoms with Gasteiger partial charge < -0.3 is 20.6 Å². The van der Waals surface area contributed by atoms with E-state index in [9.17, 15) is 9.59 Å². The summed E-state index contributed by atoms with van der Waals surface area (Å²) in [7, 11) is 0. The monoisotopic (exact) mass is 257 g/mol. The van der Waals surface area contributed by atoms with E-state index in [2.05, 4.69) is 22.5 Å². The fourth-order valence-electron chi connectivity index (χ4n) is 2.09. The van der Waals surface area contributed by atoms with Crippen molar-refractivity contribution in [2.24, 2.45) is 5.92 Å².